The molecule has 37 heavy (non-hydrogen) atoms. The number of carbonyl (C=O) groups is 1. The Balaban J connectivity index is 1.70. The summed E-state index contributed by atoms with van der Waals surface area (Å²) >= 11 is 5.95. The molecule has 13 heteroatoms. The van der Waals surface area contributed by atoms with Crippen molar-refractivity contribution in [2.24, 2.45) is 5.92 Å². The molecule has 0 amide bonds. The smallest absolute Gasteiger partial charge is 0.354 e. The van der Waals surface area contributed by atoms with E-state index in [1.807, 2.05) is 0 Å². The molecule has 0 radical (unpaired) electrons. The van der Waals surface area contributed by atoms with Gasteiger partial charge in [-0.15, -0.1) is 0 Å². The lowest BCUT2D eigenvalue weighted by Crippen LogP contribution is -2.44. The zero-order chi connectivity index (χ0) is 26.5. The second kappa shape index (κ2) is 11.0. The van der Waals surface area contributed by atoms with E-state index in [2.05, 4.69) is 20.3 Å². The maximum absolute atomic E-state index is 14.7. The van der Waals surface area contributed by atoms with Crippen LogP contribution >= 0.6 is 11.6 Å². The van der Waals surface area contributed by atoms with Crippen molar-refractivity contribution in [1.29, 1.82) is 0 Å². The predicted octanol–water partition coefficient (Wildman–Crippen LogP) is 3.29. The number of benzene rings is 2. The van der Waals surface area contributed by atoms with Gasteiger partial charge >= 0.3 is 17.3 Å². The average Bonchev–Trinajstić information content (AvgIpc) is 2.87. The molecule has 0 saturated carbocycles. The van der Waals surface area contributed by atoms with E-state index in [0.717, 1.165) is 15.2 Å². The van der Waals surface area contributed by atoms with Crippen LogP contribution in [0.2, 0.25) is 5.02 Å². The highest BCUT2D eigenvalue weighted by atomic mass is 35.5. The molecule has 0 saturated heterocycles. The van der Waals surface area contributed by atoms with Crippen LogP contribution in [-0.4, -0.2) is 35.2 Å². The van der Waals surface area contributed by atoms with Crippen molar-refractivity contribution in [1.82, 2.24) is 24.1 Å². The molecule has 4 rings (SSSR count). The number of carboxylic acid groups (broad SMARTS) is 1. The number of anilines is 2. The van der Waals surface area contributed by atoms with Crippen molar-refractivity contribution in [2.75, 3.05) is 5.32 Å². The molecule has 0 fully saturated rings. The fraction of sp³-hybridized carbons (Fsp3) is 0.167. The normalized spacial score (nSPS) is 11.6. The number of halogens is 2. The van der Waals surface area contributed by atoms with E-state index in [1.54, 1.807) is 24.3 Å². The van der Waals surface area contributed by atoms with Gasteiger partial charge in [-0.05, 0) is 29.8 Å². The number of aliphatic carboxylic acids is 1. The third-order valence-corrected chi connectivity index (χ3v) is 5.48. The first kappa shape index (κ1) is 25.5. The van der Waals surface area contributed by atoms with Gasteiger partial charge in [0.1, 0.15) is 0 Å². The summed E-state index contributed by atoms with van der Waals surface area (Å²) in [5.74, 6) is -3.10. The minimum absolute atomic E-state index is 0.0244. The number of rotatable bonds is 9. The molecule has 0 bridgehead atoms. The molecule has 0 spiro atoms. The monoisotopic (exact) mass is 526 g/mol. The molecule has 11 nitrogen and oxygen atoms in total. The first-order valence-corrected chi connectivity index (χ1v) is 11.3. The second-order valence-corrected chi connectivity index (χ2v) is 8.42. The minimum atomic E-state index is -1.17. The highest BCUT2D eigenvalue weighted by molar-refractivity contribution is 6.30. The van der Waals surface area contributed by atoms with Crippen LogP contribution in [0.1, 0.15) is 12.5 Å². The van der Waals surface area contributed by atoms with Crippen LogP contribution in [0.25, 0.3) is 0 Å². The van der Waals surface area contributed by atoms with Gasteiger partial charge in [-0.2, -0.15) is 4.98 Å². The fourth-order valence-corrected chi connectivity index (χ4v) is 3.42. The first-order valence-electron chi connectivity index (χ1n) is 10.9. The lowest BCUT2D eigenvalue weighted by molar-refractivity contribution is -0.141. The molecule has 1 atom stereocenters. The third kappa shape index (κ3) is 6.16. The van der Waals surface area contributed by atoms with E-state index in [1.165, 1.54) is 37.6 Å². The Bertz CT molecular complexity index is 1540. The van der Waals surface area contributed by atoms with Crippen LogP contribution < -0.4 is 21.4 Å². The molecule has 4 aromatic rings. The third-order valence-electron chi connectivity index (χ3n) is 5.22. The van der Waals surface area contributed by atoms with Gasteiger partial charge < -0.3 is 15.2 Å². The fourth-order valence-electron chi connectivity index (χ4n) is 3.29. The van der Waals surface area contributed by atoms with Gasteiger partial charge in [-0.25, -0.2) is 23.5 Å². The van der Waals surface area contributed by atoms with Crippen molar-refractivity contribution in [3.8, 4) is 11.6 Å². The molecule has 0 unspecified atom stereocenters. The minimum Gasteiger partial charge on any atom is -0.481 e. The van der Waals surface area contributed by atoms with E-state index in [-0.39, 0.29) is 36.4 Å². The zero-order valence-corrected chi connectivity index (χ0v) is 20.1. The first-order chi connectivity index (χ1) is 17.7. The van der Waals surface area contributed by atoms with Gasteiger partial charge in [0.25, 0.3) is 0 Å². The van der Waals surface area contributed by atoms with E-state index in [0.29, 0.717) is 10.6 Å². The summed E-state index contributed by atoms with van der Waals surface area (Å²) in [4.78, 5) is 48.9. The average molecular weight is 527 g/mol. The summed E-state index contributed by atoms with van der Waals surface area (Å²) in [7, 11) is 0. The van der Waals surface area contributed by atoms with E-state index >= 15 is 0 Å². The summed E-state index contributed by atoms with van der Waals surface area (Å²) in [5.41, 5.74) is -0.895. The Kier molecular flexibility index (Phi) is 7.58. The van der Waals surface area contributed by atoms with Gasteiger partial charge in [-0.3, -0.25) is 14.3 Å². The Labute approximate surface area is 213 Å². The molecular weight excluding hydrogens is 507 g/mol. The highest BCUT2D eigenvalue weighted by Gasteiger charge is 2.19. The summed E-state index contributed by atoms with van der Waals surface area (Å²) in [5, 5.41) is 12.5. The lowest BCUT2D eigenvalue weighted by Gasteiger charge is -2.17. The van der Waals surface area contributed by atoms with Crippen molar-refractivity contribution in [3.05, 3.63) is 98.4 Å². The lowest BCUT2D eigenvalue weighted by atomic mass is 10.2. The molecular formula is C24H20ClFN6O5. The second-order valence-electron chi connectivity index (χ2n) is 7.98. The number of aromatic nitrogens is 5. The van der Waals surface area contributed by atoms with Gasteiger partial charge in [0, 0.05) is 35.7 Å². The standard InChI is InChI=1S/C24H20ClFN6O5/c1-14(21(33)34)12-32-23(35)30-22(31(24(32)36)13-15-2-4-16(25)5-3-15)29-17-6-7-19(18(26)10-17)37-20-11-27-8-9-28-20/h2-11,14H,12-13H2,1H3,(H,33,34)(H,29,30,35)/t14-/m0/s1. The SMILES string of the molecule is C[C@@H](Cn1c(=O)nc(Nc2ccc(Oc3cnccn3)c(F)c2)n(Cc2ccc(Cl)cc2)c1=O)C(=O)O. The largest absolute Gasteiger partial charge is 0.481 e. The Hall–Kier alpha value is -4.58. The van der Waals surface area contributed by atoms with Crippen molar-refractivity contribution >= 4 is 29.2 Å². The molecule has 0 aliphatic heterocycles. The molecule has 190 valence electrons. The number of ether oxygens (including phenoxy) is 1. The van der Waals surface area contributed by atoms with Gasteiger partial charge in [0.05, 0.1) is 18.7 Å². The molecule has 2 N–H and O–H groups in total. The Morgan fingerprint density at radius 3 is 2.57 bits per heavy atom. The molecule has 0 aliphatic carbocycles. The van der Waals surface area contributed by atoms with Crippen molar-refractivity contribution < 1.29 is 19.0 Å². The number of hydrogen-bond donors (Lipinski definition) is 2. The van der Waals surface area contributed by atoms with E-state index < -0.39 is 29.1 Å². The van der Waals surface area contributed by atoms with Gasteiger partial charge in [0.2, 0.25) is 11.8 Å². The number of nitrogens with one attached hydrogen (secondary N) is 1. The summed E-state index contributed by atoms with van der Waals surface area (Å²) < 4.78 is 22.0. The van der Waals surface area contributed by atoms with Crippen LogP contribution in [0.5, 0.6) is 11.6 Å². The van der Waals surface area contributed by atoms with Crippen LogP contribution in [0, 0.1) is 11.7 Å². The number of nitrogens with zero attached hydrogens (tertiary/aromatic N) is 5. The molecule has 0 aliphatic rings. The number of hydrogen-bond acceptors (Lipinski definition) is 8. The summed E-state index contributed by atoms with van der Waals surface area (Å²) in [6.45, 7) is 0.977. The molecule has 2 aromatic heterocycles. The van der Waals surface area contributed by atoms with Crippen molar-refractivity contribution in [2.45, 2.75) is 20.0 Å². The maximum atomic E-state index is 14.7. The van der Waals surface area contributed by atoms with Crippen LogP contribution in [0.3, 0.4) is 0 Å². The highest BCUT2D eigenvalue weighted by Crippen LogP contribution is 2.26. The summed E-state index contributed by atoms with van der Waals surface area (Å²) in [6, 6.07) is 10.5. The summed E-state index contributed by atoms with van der Waals surface area (Å²) in [6.07, 6.45) is 4.17. The maximum Gasteiger partial charge on any atom is 0.354 e. The number of carboxylic acids is 1. The molecule has 2 aromatic carbocycles. The van der Waals surface area contributed by atoms with Gasteiger partial charge in [0.15, 0.2) is 11.6 Å². The van der Waals surface area contributed by atoms with E-state index in [4.69, 9.17) is 16.3 Å². The van der Waals surface area contributed by atoms with Crippen LogP contribution in [0.4, 0.5) is 16.0 Å². The van der Waals surface area contributed by atoms with Crippen LogP contribution in [-0.2, 0) is 17.9 Å². The van der Waals surface area contributed by atoms with Crippen LogP contribution in [0.15, 0.2) is 70.6 Å². The zero-order valence-electron chi connectivity index (χ0n) is 19.3. The van der Waals surface area contributed by atoms with Gasteiger partial charge in [-0.1, -0.05) is 30.7 Å². The topological polar surface area (TPSA) is 141 Å². The van der Waals surface area contributed by atoms with E-state index in [9.17, 15) is 23.9 Å². The predicted molar refractivity (Wildman–Crippen MR) is 132 cm³/mol. The quantitative estimate of drug-likeness (QED) is 0.336. The molecule has 2 heterocycles. The van der Waals surface area contributed by atoms with Crippen molar-refractivity contribution in [3.63, 3.8) is 0 Å². The Morgan fingerprint density at radius 1 is 1.16 bits per heavy atom. The Morgan fingerprint density at radius 2 is 1.92 bits per heavy atom.